The van der Waals surface area contributed by atoms with E-state index in [0.717, 1.165) is 0 Å². The van der Waals surface area contributed by atoms with Crippen LogP contribution >= 0.6 is 0 Å². The molecule has 14 heavy (non-hydrogen) atoms. The van der Waals surface area contributed by atoms with Gasteiger partial charge < -0.3 is 0 Å². The van der Waals surface area contributed by atoms with Crippen molar-refractivity contribution in [3.05, 3.63) is 34.9 Å². The molecule has 1 aromatic rings. The zero-order valence-electron chi connectivity index (χ0n) is 9.42. The molecule has 0 amide bonds. The second-order valence-corrected chi connectivity index (χ2v) is 4.23. The lowest BCUT2D eigenvalue weighted by Gasteiger charge is -2.08. The normalized spacial score (nSPS) is 10.6. The molecule has 0 saturated heterocycles. The average molecular weight is 190 g/mol. The van der Waals surface area contributed by atoms with E-state index in [4.69, 9.17) is 0 Å². The molecule has 0 unspecified atom stereocenters. The van der Waals surface area contributed by atoms with E-state index in [1.165, 1.54) is 16.7 Å². The van der Waals surface area contributed by atoms with E-state index in [9.17, 15) is 4.79 Å². The van der Waals surface area contributed by atoms with Crippen molar-refractivity contribution in [3.8, 4) is 0 Å². The fourth-order valence-electron chi connectivity index (χ4n) is 1.38. The first kappa shape index (κ1) is 11.0. The molecule has 0 aliphatic rings. The molecule has 1 nitrogen and oxygen atoms in total. The Hall–Kier alpha value is -1.11. The first-order chi connectivity index (χ1) is 6.50. The van der Waals surface area contributed by atoms with Crippen molar-refractivity contribution in [2.24, 2.45) is 5.92 Å². The molecule has 0 N–H and O–H groups in total. The van der Waals surface area contributed by atoms with E-state index < -0.39 is 0 Å². The predicted octanol–water partition coefficient (Wildman–Crippen LogP) is 3.07. The number of Topliss-reactive ketones (excluding diaryl/α,β-unsaturated/α-hetero) is 1. The summed E-state index contributed by atoms with van der Waals surface area (Å²) in [7, 11) is 0. The number of carbonyl (C=O) groups excluding carboxylic acids is 1. The van der Waals surface area contributed by atoms with E-state index in [1.54, 1.807) is 0 Å². The van der Waals surface area contributed by atoms with Crippen molar-refractivity contribution >= 4 is 5.78 Å². The SMILES string of the molecule is Cc1ccc(C)c(CC(=O)C(C)C)c1. The van der Waals surface area contributed by atoms with Crippen LogP contribution in [0, 0.1) is 19.8 Å². The van der Waals surface area contributed by atoms with Gasteiger partial charge >= 0.3 is 0 Å². The summed E-state index contributed by atoms with van der Waals surface area (Å²) < 4.78 is 0. The van der Waals surface area contributed by atoms with Gasteiger partial charge in [0.15, 0.2) is 0 Å². The summed E-state index contributed by atoms with van der Waals surface area (Å²) in [5.74, 6) is 0.452. The van der Waals surface area contributed by atoms with Crippen LogP contribution in [0.1, 0.15) is 30.5 Å². The van der Waals surface area contributed by atoms with E-state index >= 15 is 0 Å². The molecule has 1 rings (SSSR count). The topological polar surface area (TPSA) is 17.1 Å². The number of hydrogen-bond acceptors (Lipinski definition) is 1. The Morgan fingerprint density at radius 1 is 1.29 bits per heavy atom. The van der Waals surface area contributed by atoms with Crippen LogP contribution in [-0.2, 0) is 11.2 Å². The van der Waals surface area contributed by atoms with E-state index in [-0.39, 0.29) is 5.92 Å². The zero-order chi connectivity index (χ0) is 10.7. The molecule has 0 fully saturated rings. The summed E-state index contributed by atoms with van der Waals surface area (Å²) in [5.41, 5.74) is 3.61. The maximum absolute atomic E-state index is 11.6. The molecule has 0 atom stereocenters. The van der Waals surface area contributed by atoms with Gasteiger partial charge in [-0.1, -0.05) is 37.6 Å². The van der Waals surface area contributed by atoms with Crippen molar-refractivity contribution < 1.29 is 4.79 Å². The Morgan fingerprint density at radius 3 is 2.50 bits per heavy atom. The number of aryl methyl sites for hydroxylation is 2. The van der Waals surface area contributed by atoms with E-state index in [0.29, 0.717) is 12.2 Å². The largest absolute Gasteiger partial charge is 0.299 e. The number of ketones is 1. The van der Waals surface area contributed by atoms with Crippen LogP contribution in [0.15, 0.2) is 18.2 Å². The molecule has 0 aliphatic heterocycles. The maximum Gasteiger partial charge on any atom is 0.139 e. The molecule has 0 saturated carbocycles. The van der Waals surface area contributed by atoms with Gasteiger partial charge in [0.05, 0.1) is 0 Å². The number of rotatable bonds is 3. The van der Waals surface area contributed by atoms with Gasteiger partial charge in [-0.2, -0.15) is 0 Å². The first-order valence-electron chi connectivity index (χ1n) is 5.09. The summed E-state index contributed by atoms with van der Waals surface area (Å²) in [6.07, 6.45) is 0.575. The minimum absolute atomic E-state index is 0.134. The third-order valence-electron chi connectivity index (χ3n) is 2.51. The van der Waals surface area contributed by atoms with Crippen molar-refractivity contribution in [1.29, 1.82) is 0 Å². The monoisotopic (exact) mass is 190 g/mol. The van der Waals surface area contributed by atoms with E-state index in [2.05, 4.69) is 32.0 Å². The molecule has 1 heteroatoms. The number of benzene rings is 1. The van der Waals surface area contributed by atoms with Crippen LogP contribution in [0.5, 0.6) is 0 Å². The Labute approximate surface area is 86.1 Å². The Kier molecular flexibility index (Phi) is 3.45. The quantitative estimate of drug-likeness (QED) is 0.716. The lowest BCUT2D eigenvalue weighted by Crippen LogP contribution is -2.11. The minimum Gasteiger partial charge on any atom is -0.299 e. The van der Waals surface area contributed by atoms with Gasteiger partial charge in [0, 0.05) is 12.3 Å². The second-order valence-electron chi connectivity index (χ2n) is 4.23. The molecular formula is C13H18O. The van der Waals surface area contributed by atoms with Gasteiger partial charge in [0.25, 0.3) is 0 Å². The van der Waals surface area contributed by atoms with Crippen LogP contribution in [0.2, 0.25) is 0 Å². The number of hydrogen-bond donors (Lipinski definition) is 0. The first-order valence-corrected chi connectivity index (χ1v) is 5.09. The molecule has 0 aliphatic carbocycles. The molecule has 0 radical (unpaired) electrons. The van der Waals surface area contributed by atoms with Crippen LogP contribution in [0.25, 0.3) is 0 Å². The van der Waals surface area contributed by atoms with Gasteiger partial charge in [-0.25, -0.2) is 0 Å². The maximum atomic E-state index is 11.6. The average Bonchev–Trinajstić information content (AvgIpc) is 2.11. The van der Waals surface area contributed by atoms with E-state index in [1.807, 2.05) is 13.8 Å². The lowest BCUT2D eigenvalue weighted by atomic mass is 9.96. The molecule has 0 spiro atoms. The lowest BCUT2D eigenvalue weighted by molar-refractivity contribution is -0.121. The third-order valence-corrected chi connectivity index (χ3v) is 2.51. The Morgan fingerprint density at radius 2 is 1.93 bits per heavy atom. The molecule has 0 aromatic heterocycles. The van der Waals surface area contributed by atoms with Crippen molar-refractivity contribution in [2.45, 2.75) is 34.1 Å². The van der Waals surface area contributed by atoms with Crippen molar-refractivity contribution in [2.75, 3.05) is 0 Å². The smallest absolute Gasteiger partial charge is 0.139 e. The second kappa shape index (κ2) is 4.41. The predicted molar refractivity (Wildman–Crippen MR) is 59.5 cm³/mol. The molecule has 0 heterocycles. The fourth-order valence-corrected chi connectivity index (χ4v) is 1.38. The van der Waals surface area contributed by atoms with Crippen LogP contribution in [0.3, 0.4) is 0 Å². The van der Waals surface area contributed by atoms with Crippen molar-refractivity contribution in [3.63, 3.8) is 0 Å². The zero-order valence-corrected chi connectivity index (χ0v) is 9.42. The van der Waals surface area contributed by atoms with Gasteiger partial charge in [0.2, 0.25) is 0 Å². The summed E-state index contributed by atoms with van der Waals surface area (Å²) in [4.78, 5) is 11.6. The minimum atomic E-state index is 0.134. The van der Waals surface area contributed by atoms with Crippen molar-refractivity contribution in [1.82, 2.24) is 0 Å². The summed E-state index contributed by atoms with van der Waals surface area (Å²) in [6.45, 7) is 8.02. The summed E-state index contributed by atoms with van der Waals surface area (Å²) in [5, 5.41) is 0. The third kappa shape index (κ3) is 2.69. The number of carbonyl (C=O) groups is 1. The Bertz CT molecular complexity index is 337. The van der Waals surface area contributed by atoms with Crippen LogP contribution in [0.4, 0.5) is 0 Å². The van der Waals surface area contributed by atoms with Gasteiger partial charge in [-0.05, 0) is 25.0 Å². The van der Waals surface area contributed by atoms with Gasteiger partial charge in [-0.15, -0.1) is 0 Å². The fraction of sp³-hybridized carbons (Fsp3) is 0.462. The molecule has 0 bridgehead atoms. The summed E-state index contributed by atoms with van der Waals surface area (Å²) >= 11 is 0. The standard InChI is InChI=1S/C13H18O/c1-9(2)13(14)8-12-7-10(3)5-6-11(12)4/h5-7,9H,8H2,1-4H3. The molecule has 1 aromatic carbocycles. The van der Waals surface area contributed by atoms with Crippen LogP contribution in [-0.4, -0.2) is 5.78 Å². The summed E-state index contributed by atoms with van der Waals surface area (Å²) in [6, 6.07) is 6.27. The highest BCUT2D eigenvalue weighted by atomic mass is 16.1. The highest BCUT2D eigenvalue weighted by Gasteiger charge is 2.09. The van der Waals surface area contributed by atoms with Crippen LogP contribution < -0.4 is 0 Å². The molecule has 76 valence electrons. The molecular weight excluding hydrogens is 172 g/mol. The van der Waals surface area contributed by atoms with Gasteiger partial charge in [0.1, 0.15) is 5.78 Å². The highest BCUT2D eigenvalue weighted by molar-refractivity contribution is 5.82. The Balaban J connectivity index is 2.86. The van der Waals surface area contributed by atoms with Gasteiger partial charge in [-0.3, -0.25) is 4.79 Å². The highest BCUT2D eigenvalue weighted by Crippen LogP contribution is 2.13.